The highest BCUT2D eigenvalue weighted by atomic mass is 35.5. The molecule has 2 N–H and O–H groups in total. The smallest absolute Gasteiger partial charge is 0.224 e. The maximum Gasteiger partial charge on any atom is 0.224 e. The normalized spacial score (nSPS) is 23.2. The van der Waals surface area contributed by atoms with Crippen LogP contribution in [0.2, 0.25) is 10.0 Å². The van der Waals surface area contributed by atoms with E-state index in [1.54, 1.807) is 30.2 Å². The molecule has 0 aliphatic carbocycles. The lowest BCUT2D eigenvalue weighted by Crippen LogP contribution is -2.35. The van der Waals surface area contributed by atoms with Crippen LogP contribution in [0.15, 0.2) is 18.2 Å². The van der Waals surface area contributed by atoms with Crippen LogP contribution in [0.5, 0.6) is 0 Å². The monoisotopic (exact) mass is 302 g/mol. The topological polar surface area (TPSA) is 55.6 Å². The van der Waals surface area contributed by atoms with Crippen molar-refractivity contribution in [3.05, 3.63) is 33.8 Å². The maximum atomic E-state index is 12.0. The number of hydrogen-bond donors (Lipinski definition) is 1. The van der Waals surface area contributed by atoms with Gasteiger partial charge >= 0.3 is 0 Å². The van der Waals surface area contributed by atoms with E-state index in [-0.39, 0.29) is 18.0 Å². The summed E-state index contributed by atoms with van der Waals surface area (Å²) in [6.45, 7) is 0.962. The molecular weight excluding hydrogens is 287 g/mol. The van der Waals surface area contributed by atoms with Gasteiger partial charge in [-0.1, -0.05) is 23.2 Å². The van der Waals surface area contributed by atoms with E-state index >= 15 is 0 Å². The third-order valence-corrected chi connectivity index (χ3v) is 3.86. The average molecular weight is 303 g/mol. The fourth-order valence-electron chi connectivity index (χ4n) is 2.41. The summed E-state index contributed by atoms with van der Waals surface area (Å²) >= 11 is 12.2. The second kappa shape index (κ2) is 6.09. The van der Waals surface area contributed by atoms with Crippen LogP contribution in [0.25, 0.3) is 0 Å². The van der Waals surface area contributed by atoms with E-state index in [1.807, 2.05) is 0 Å². The van der Waals surface area contributed by atoms with Crippen molar-refractivity contribution in [3.8, 4) is 0 Å². The van der Waals surface area contributed by atoms with Gasteiger partial charge in [-0.25, -0.2) is 0 Å². The first-order valence-corrected chi connectivity index (χ1v) is 6.79. The molecule has 19 heavy (non-hydrogen) atoms. The minimum Gasteiger partial charge on any atom is -0.383 e. The summed E-state index contributed by atoms with van der Waals surface area (Å²) in [5.41, 5.74) is 6.87. The van der Waals surface area contributed by atoms with Gasteiger partial charge in [-0.15, -0.1) is 0 Å². The third kappa shape index (κ3) is 3.03. The molecular formula is C13H16Cl2N2O2. The highest BCUT2D eigenvalue weighted by molar-refractivity contribution is 6.33. The number of nitrogens with two attached hydrogens (primary N) is 1. The molecule has 2 rings (SSSR count). The van der Waals surface area contributed by atoms with Crippen molar-refractivity contribution in [2.75, 3.05) is 20.3 Å². The minimum absolute atomic E-state index is 0.0191. The summed E-state index contributed by atoms with van der Waals surface area (Å²) in [5, 5.41) is 1.15. The quantitative estimate of drug-likeness (QED) is 0.928. The van der Waals surface area contributed by atoms with E-state index in [1.165, 1.54) is 0 Å². The van der Waals surface area contributed by atoms with Crippen molar-refractivity contribution in [3.63, 3.8) is 0 Å². The van der Waals surface area contributed by atoms with Crippen LogP contribution >= 0.6 is 23.2 Å². The lowest BCUT2D eigenvalue weighted by Gasteiger charge is -2.27. The minimum atomic E-state index is -0.277. The van der Waals surface area contributed by atoms with Crippen molar-refractivity contribution in [1.82, 2.24) is 4.90 Å². The van der Waals surface area contributed by atoms with Gasteiger partial charge in [0.1, 0.15) is 0 Å². The molecule has 1 saturated heterocycles. The molecule has 104 valence electrons. The Hall–Kier alpha value is -0.810. The Labute approximate surface area is 122 Å². The summed E-state index contributed by atoms with van der Waals surface area (Å²) in [5.74, 6) is 0.0191. The van der Waals surface area contributed by atoms with Gasteiger partial charge in [0.05, 0.1) is 12.6 Å². The number of methoxy groups -OCH3 is 1. The van der Waals surface area contributed by atoms with Crippen molar-refractivity contribution in [2.45, 2.75) is 18.5 Å². The van der Waals surface area contributed by atoms with Gasteiger partial charge in [0, 0.05) is 36.2 Å². The maximum absolute atomic E-state index is 12.0. The first kappa shape index (κ1) is 14.6. The summed E-state index contributed by atoms with van der Waals surface area (Å²) in [4.78, 5) is 13.7. The molecule has 0 spiro atoms. The van der Waals surface area contributed by atoms with Gasteiger partial charge < -0.3 is 15.4 Å². The lowest BCUT2D eigenvalue weighted by atomic mass is 10.0. The van der Waals surface area contributed by atoms with E-state index in [2.05, 4.69) is 0 Å². The van der Waals surface area contributed by atoms with Gasteiger partial charge in [0.15, 0.2) is 0 Å². The molecule has 0 aromatic heterocycles. The zero-order chi connectivity index (χ0) is 14.0. The predicted octanol–water partition coefficient (Wildman–Crippen LogP) is 2.24. The van der Waals surface area contributed by atoms with Gasteiger partial charge in [-0.05, 0) is 23.8 Å². The molecule has 1 amide bonds. The van der Waals surface area contributed by atoms with Crippen LogP contribution in [-0.2, 0) is 9.53 Å². The van der Waals surface area contributed by atoms with Crippen LogP contribution in [0, 0.1) is 0 Å². The van der Waals surface area contributed by atoms with E-state index < -0.39 is 0 Å². The zero-order valence-electron chi connectivity index (χ0n) is 10.6. The molecule has 1 fully saturated rings. The molecule has 2 atom stereocenters. The first-order valence-electron chi connectivity index (χ1n) is 6.03. The number of halogens is 2. The summed E-state index contributed by atoms with van der Waals surface area (Å²) in [7, 11) is 1.60. The highest BCUT2D eigenvalue weighted by Gasteiger charge is 2.39. The number of amides is 1. The van der Waals surface area contributed by atoms with Crippen molar-refractivity contribution < 1.29 is 9.53 Å². The number of carbonyl (C=O) groups is 1. The second-order valence-electron chi connectivity index (χ2n) is 4.56. The summed E-state index contributed by atoms with van der Waals surface area (Å²) in [6, 6.07) is 4.69. The zero-order valence-corrected chi connectivity index (χ0v) is 12.1. The summed E-state index contributed by atoms with van der Waals surface area (Å²) < 4.78 is 5.03. The molecule has 1 aliphatic rings. The molecule has 1 aromatic rings. The molecule has 1 heterocycles. The number of rotatable bonds is 4. The molecule has 1 aromatic carbocycles. The van der Waals surface area contributed by atoms with E-state index in [0.29, 0.717) is 29.6 Å². The van der Waals surface area contributed by atoms with Crippen LogP contribution in [0.4, 0.5) is 0 Å². The molecule has 0 radical (unpaired) electrons. The Balaban J connectivity index is 2.33. The van der Waals surface area contributed by atoms with Crippen molar-refractivity contribution >= 4 is 29.1 Å². The average Bonchev–Trinajstić information content (AvgIpc) is 2.64. The lowest BCUT2D eigenvalue weighted by molar-refractivity contribution is -0.129. The van der Waals surface area contributed by atoms with Crippen molar-refractivity contribution in [2.24, 2.45) is 5.73 Å². The Morgan fingerprint density at radius 3 is 2.89 bits per heavy atom. The number of benzene rings is 1. The fraction of sp³-hybridized carbons (Fsp3) is 0.462. The number of nitrogens with zero attached hydrogens (tertiary/aromatic N) is 1. The SMILES string of the molecule is COCCN1C(=O)CC(N)C1c1cc(Cl)ccc1Cl. The van der Waals surface area contributed by atoms with E-state index in [0.717, 1.165) is 5.56 Å². The molecule has 1 aliphatic heterocycles. The fourth-order valence-corrected chi connectivity index (χ4v) is 2.82. The Kier molecular flexibility index (Phi) is 4.68. The van der Waals surface area contributed by atoms with Crippen LogP contribution in [0.3, 0.4) is 0 Å². The number of carbonyl (C=O) groups excluding carboxylic acids is 1. The van der Waals surface area contributed by atoms with Gasteiger partial charge in [0.2, 0.25) is 5.91 Å². The Morgan fingerprint density at radius 2 is 2.21 bits per heavy atom. The van der Waals surface area contributed by atoms with E-state index in [9.17, 15) is 4.79 Å². The summed E-state index contributed by atoms with van der Waals surface area (Å²) in [6.07, 6.45) is 0.317. The van der Waals surface area contributed by atoms with Gasteiger partial charge in [-0.2, -0.15) is 0 Å². The predicted molar refractivity (Wildman–Crippen MR) is 75.4 cm³/mol. The van der Waals surface area contributed by atoms with Crippen LogP contribution < -0.4 is 5.73 Å². The number of hydrogen-bond acceptors (Lipinski definition) is 3. The van der Waals surface area contributed by atoms with Gasteiger partial charge in [0.25, 0.3) is 0 Å². The molecule has 0 saturated carbocycles. The standard InChI is InChI=1S/C13H16Cl2N2O2/c1-19-5-4-17-12(18)7-11(16)13(17)9-6-8(14)2-3-10(9)15/h2-3,6,11,13H,4-5,7,16H2,1H3. The third-order valence-electron chi connectivity index (χ3n) is 3.29. The first-order chi connectivity index (χ1) is 9.04. The van der Waals surface area contributed by atoms with E-state index in [4.69, 9.17) is 33.7 Å². The molecule has 2 unspecified atom stereocenters. The second-order valence-corrected chi connectivity index (χ2v) is 5.40. The van der Waals surface area contributed by atoms with Gasteiger partial charge in [-0.3, -0.25) is 4.79 Å². The Bertz CT molecular complexity index is 482. The highest BCUT2D eigenvalue weighted by Crippen LogP contribution is 2.36. The Morgan fingerprint density at radius 1 is 1.47 bits per heavy atom. The molecule has 4 nitrogen and oxygen atoms in total. The molecule has 0 bridgehead atoms. The number of ether oxygens (including phenoxy) is 1. The number of likely N-dealkylation sites (tertiary alicyclic amines) is 1. The van der Waals surface area contributed by atoms with Crippen LogP contribution in [-0.4, -0.2) is 37.1 Å². The van der Waals surface area contributed by atoms with Crippen molar-refractivity contribution in [1.29, 1.82) is 0 Å². The van der Waals surface area contributed by atoms with Crippen LogP contribution in [0.1, 0.15) is 18.0 Å². The molecule has 6 heteroatoms. The largest absolute Gasteiger partial charge is 0.383 e.